The van der Waals surface area contributed by atoms with Gasteiger partial charge in [-0.05, 0) is 17.4 Å². The Morgan fingerprint density at radius 1 is 1.18 bits per heavy atom. The monoisotopic (exact) mass is 240 g/mol. The number of nitrogens with zero attached hydrogens (tertiary/aromatic N) is 4. The summed E-state index contributed by atoms with van der Waals surface area (Å²) in [6, 6.07) is 0. The molecular formula is C9H12N4O4. The lowest BCUT2D eigenvalue weighted by Crippen LogP contribution is -2.47. The quantitative estimate of drug-likeness (QED) is 0.719. The predicted octanol–water partition coefficient (Wildman–Crippen LogP) is -0.845. The van der Waals surface area contributed by atoms with Crippen LogP contribution < -0.4 is 0 Å². The van der Waals surface area contributed by atoms with Crippen molar-refractivity contribution in [1.29, 1.82) is 0 Å². The van der Waals surface area contributed by atoms with Crippen LogP contribution in [0.4, 0.5) is 0 Å². The zero-order valence-corrected chi connectivity index (χ0v) is 9.29. The molecule has 1 aliphatic heterocycles. The minimum atomic E-state index is -1.32. The molecule has 0 radical (unpaired) electrons. The number of aromatic carboxylic acids is 1. The molecule has 1 aromatic heterocycles. The van der Waals surface area contributed by atoms with E-state index in [0.29, 0.717) is 13.1 Å². The topological polar surface area (TPSA) is 99.8 Å². The summed E-state index contributed by atoms with van der Waals surface area (Å²) in [5.74, 6) is -1.76. The fourth-order valence-corrected chi connectivity index (χ4v) is 1.63. The van der Waals surface area contributed by atoms with Crippen LogP contribution in [-0.4, -0.2) is 70.3 Å². The number of likely N-dealkylation sites (N-methyl/N-ethyl adjacent to an activating group) is 1. The van der Waals surface area contributed by atoms with Gasteiger partial charge in [-0.1, -0.05) is 0 Å². The maximum Gasteiger partial charge on any atom is 0.360 e. The van der Waals surface area contributed by atoms with Gasteiger partial charge in [0.25, 0.3) is 5.91 Å². The molecule has 1 fully saturated rings. The highest BCUT2D eigenvalue weighted by Crippen LogP contribution is 2.09. The Morgan fingerprint density at radius 2 is 1.76 bits per heavy atom. The van der Waals surface area contributed by atoms with Gasteiger partial charge < -0.3 is 14.9 Å². The van der Waals surface area contributed by atoms with Crippen LogP contribution >= 0.6 is 0 Å². The molecule has 2 rings (SSSR count). The number of aromatic nitrogens is 2. The van der Waals surface area contributed by atoms with Crippen LogP contribution in [0, 0.1) is 0 Å². The average molecular weight is 240 g/mol. The van der Waals surface area contributed by atoms with E-state index in [0.717, 1.165) is 13.1 Å². The summed E-state index contributed by atoms with van der Waals surface area (Å²) in [6.45, 7) is 2.58. The van der Waals surface area contributed by atoms with Gasteiger partial charge in [-0.25, -0.2) is 9.42 Å². The molecule has 1 aliphatic rings. The molecule has 8 nitrogen and oxygen atoms in total. The third-order valence-corrected chi connectivity index (χ3v) is 2.68. The Morgan fingerprint density at radius 3 is 2.35 bits per heavy atom. The molecule has 1 saturated heterocycles. The molecule has 0 unspecified atom stereocenters. The average Bonchev–Trinajstić information content (AvgIpc) is 2.78. The van der Waals surface area contributed by atoms with E-state index in [4.69, 9.17) is 5.11 Å². The molecule has 0 saturated carbocycles. The minimum Gasteiger partial charge on any atom is -0.476 e. The smallest absolute Gasteiger partial charge is 0.360 e. The summed E-state index contributed by atoms with van der Waals surface area (Å²) in [4.78, 5) is 26.4. The van der Waals surface area contributed by atoms with E-state index in [1.165, 1.54) is 0 Å². The second-order valence-electron chi connectivity index (χ2n) is 3.86. The summed E-state index contributed by atoms with van der Waals surface area (Å²) < 4.78 is 4.30. The summed E-state index contributed by atoms with van der Waals surface area (Å²) in [5.41, 5.74) is -0.670. The van der Waals surface area contributed by atoms with E-state index in [-0.39, 0.29) is 5.69 Å². The first-order valence-corrected chi connectivity index (χ1v) is 5.13. The molecule has 17 heavy (non-hydrogen) atoms. The van der Waals surface area contributed by atoms with Gasteiger partial charge in [0.1, 0.15) is 0 Å². The lowest BCUT2D eigenvalue weighted by Gasteiger charge is -2.31. The third-order valence-electron chi connectivity index (χ3n) is 2.68. The number of amides is 1. The highest BCUT2D eigenvalue weighted by atomic mass is 16.6. The maximum absolute atomic E-state index is 12.0. The van der Waals surface area contributed by atoms with Crippen molar-refractivity contribution >= 4 is 11.9 Å². The van der Waals surface area contributed by atoms with E-state index >= 15 is 0 Å². The molecule has 1 N–H and O–H groups in total. The molecule has 0 aliphatic carbocycles. The van der Waals surface area contributed by atoms with E-state index < -0.39 is 17.6 Å². The van der Waals surface area contributed by atoms with Crippen molar-refractivity contribution in [1.82, 2.24) is 20.1 Å². The standard InChI is InChI=1S/C9H12N4O4/c1-12-2-4-13(5-3-12)8(14)6-7(9(15)16)11-17-10-6/h2-5H2,1H3,(H,15,16). The van der Waals surface area contributed by atoms with Crippen LogP contribution in [0.25, 0.3) is 0 Å². The number of rotatable bonds is 2. The van der Waals surface area contributed by atoms with Gasteiger partial charge in [0.05, 0.1) is 0 Å². The van der Waals surface area contributed by atoms with E-state index in [2.05, 4.69) is 19.8 Å². The summed E-state index contributed by atoms with van der Waals surface area (Å²) in [6.07, 6.45) is 0. The first-order chi connectivity index (χ1) is 8.09. The number of carboxylic acid groups (broad SMARTS) is 1. The summed E-state index contributed by atoms with van der Waals surface area (Å²) >= 11 is 0. The molecule has 2 heterocycles. The van der Waals surface area contributed by atoms with Gasteiger partial charge in [0.2, 0.25) is 11.4 Å². The Balaban J connectivity index is 2.14. The highest BCUT2D eigenvalue weighted by Gasteiger charge is 2.29. The molecule has 0 bridgehead atoms. The summed E-state index contributed by atoms with van der Waals surface area (Å²) in [5, 5.41) is 15.4. The van der Waals surface area contributed by atoms with Crippen molar-refractivity contribution in [3.05, 3.63) is 11.4 Å². The zero-order valence-electron chi connectivity index (χ0n) is 9.29. The Labute approximate surface area is 96.8 Å². The SMILES string of the molecule is CN1CCN(C(=O)c2nonc2C(=O)O)CC1. The Hall–Kier alpha value is -1.96. The lowest BCUT2D eigenvalue weighted by molar-refractivity contribution is 0.0628. The van der Waals surface area contributed by atoms with Crippen LogP contribution in [0.1, 0.15) is 21.0 Å². The number of carboxylic acids is 1. The fraction of sp³-hybridized carbons (Fsp3) is 0.556. The van der Waals surface area contributed by atoms with E-state index in [1.807, 2.05) is 7.05 Å². The molecule has 0 aromatic carbocycles. The molecule has 0 spiro atoms. The first-order valence-electron chi connectivity index (χ1n) is 5.13. The van der Waals surface area contributed by atoms with Crippen molar-refractivity contribution in [2.75, 3.05) is 33.2 Å². The normalized spacial score (nSPS) is 17.1. The number of piperazine rings is 1. The van der Waals surface area contributed by atoms with Crippen LogP contribution in [0.5, 0.6) is 0 Å². The lowest BCUT2D eigenvalue weighted by atomic mass is 10.2. The van der Waals surface area contributed by atoms with Crippen molar-refractivity contribution in [3.8, 4) is 0 Å². The molecular weight excluding hydrogens is 228 g/mol. The van der Waals surface area contributed by atoms with Crippen LogP contribution in [0.15, 0.2) is 4.63 Å². The molecule has 1 aromatic rings. The van der Waals surface area contributed by atoms with Crippen molar-refractivity contribution < 1.29 is 19.3 Å². The van der Waals surface area contributed by atoms with Crippen LogP contribution in [0.3, 0.4) is 0 Å². The van der Waals surface area contributed by atoms with Gasteiger partial charge in [0.15, 0.2) is 0 Å². The Bertz CT molecular complexity index is 436. The molecule has 92 valence electrons. The molecule has 1 amide bonds. The van der Waals surface area contributed by atoms with E-state index in [1.54, 1.807) is 4.90 Å². The van der Waals surface area contributed by atoms with Crippen molar-refractivity contribution in [3.63, 3.8) is 0 Å². The largest absolute Gasteiger partial charge is 0.476 e. The van der Waals surface area contributed by atoms with E-state index in [9.17, 15) is 9.59 Å². The number of carbonyl (C=O) groups is 2. The second-order valence-corrected chi connectivity index (χ2v) is 3.86. The molecule has 0 atom stereocenters. The van der Waals surface area contributed by atoms with Crippen LogP contribution in [0.2, 0.25) is 0 Å². The third kappa shape index (κ3) is 2.26. The zero-order chi connectivity index (χ0) is 12.4. The number of hydrogen-bond donors (Lipinski definition) is 1. The van der Waals surface area contributed by atoms with Crippen molar-refractivity contribution in [2.24, 2.45) is 0 Å². The van der Waals surface area contributed by atoms with Crippen LogP contribution in [-0.2, 0) is 0 Å². The fourth-order valence-electron chi connectivity index (χ4n) is 1.63. The first kappa shape index (κ1) is 11.5. The van der Waals surface area contributed by atoms with Gasteiger partial charge in [-0.3, -0.25) is 4.79 Å². The van der Waals surface area contributed by atoms with Gasteiger partial charge in [-0.15, -0.1) is 0 Å². The predicted molar refractivity (Wildman–Crippen MR) is 54.7 cm³/mol. The summed E-state index contributed by atoms with van der Waals surface area (Å²) in [7, 11) is 1.96. The second kappa shape index (κ2) is 4.50. The number of hydrogen-bond acceptors (Lipinski definition) is 6. The van der Waals surface area contributed by atoms with Gasteiger partial charge >= 0.3 is 5.97 Å². The van der Waals surface area contributed by atoms with Crippen molar-refractivity contribution in [2.45, 2.75) is 0 Å². The Kier molecular flexibility index (Phi) is 3.05. The molecule has 8 heteroatoms. The maximum atomic E-state index is 12.0. The minimum absolute atomic E-state index is 0.234. The van der Waals surface area contributed by atoms with Gasteiger partial charge in [-0.2, -0.15) is 0 Å². The van der Waals surface area contributed by atoms with Gasteiger partial charge in [0, 0.05) is 26.2 Å². The number of carbonyl (C=O) groups excluding carboxylic acids is 1. The highest BCUT2D eigenvalue weighted by molar-refractivity contribution is 6.01.